The predicted molar refractivity (Wildman–Crippen MR) is 51.7 cm³/mol. The Morgan fingerprint density at radius 3 is 2.69 bits per heavy atom. The molecule has 2 rings (SSSR count). The van der Waals surface area contributed by atoms with E-state index in [9.17, 15) is 0 Å². The Morgan fingerprint density at radius 1 is 1.15 bits per heavy atom. The van der Waals surface area contributed by atoms with Crippen molar-refractivity contribution in [2.75, 3.05) is 5.43 Å². The molecule has 3 heteroatoms. The molecule has 0 unspecified atom stereocenters. The van der Waals surface area contributed by atoms with Crippen LogP contribution >= 0.6 is 0 Å². The van der Waals surface area contributed by atoms with Crippen molar-refractivity contribution in [2.45, 2.75) is 6.54 Å². The van der Waals surface area contributed by atoms with E-state index >= 15 is 0 Å². The summed E-state index contributed by atoms with van der Waals surface area (Å²) in [5.74, 6) is 0. The lowest BCUT2D eigenvalue weighted by atomic mass is 10.2. The lowest BCUT2D eigenvalue weighted by Crippen LogP contribution is -2.14. The van der Waals surface area contributed by atoms with E-state index in [0.717, 1.165) is 6.54 Å². The first kappa shape index (κ1) is 7.86. The molecule has 66 valence electrons. The molecule has 0 aliphatic heterocycles. The van der Waals surface area contributed by atoms with Gasteiger partial charge in [0.1, 0.15) is 0 Å². The maximum atomic E-state index is 4.04. The molecule has 0 fully saturated rings. The largest absolute Gasteiger partial charge is 0.306 e. The van der Waals surface area contributed by atoms with Gasteiger partial charge in [0.05, 0.1) is 12.7 Å². The molecule has 0 amide bonds. The summed E-state index contributed by atoms with van der Waals surface area (Å²) >= 11 is 0. The van der Waals surface area contributed by atoms with E-state index in [1.54, 1.807) is 11.0 Å². The molecule has 0 atom stereocenters. The van der Waals surface area contributed by atoms with Crippen LogP contribution in [0.1, 0.15) is 5.56 Å². The molecular formula is C10H11N3. The van der Waals surface area contributed by atoms with Crippen molar-refractivity contribution in [2.24, 2.45) is 0 Å². The third kappa shape index (κ3) is 2.08. The van der Waals surface area contributed by atoms with E-state index in [2.05, 4.69) is 22.7 Å². The van der Waals surface area contributed by atoms with E-state index < -0.39 is 0 Å². The number of hydrogen-bond acceptors (Lipinski definition) is 2. The van der Waals surface area contributed by atoms with Gasteiger partial charge in [-0.15, -0.1) is 0 Å². The maximum Gasteiger partial charge on any atom is 0.0580 e. The standard InChI is InChI=1S/C10H11N3/c1-2-5-10(6-3-1)9-12-13-8-4-7-11-13/h1-8,12H,9H2. The first-order valence-electron chi connectivity index (χ1n) is 4.22. The van der Waals surface area contributed by atoms with Gasteiger partial charge in [-0.25, -0.2) is 0 Å². The molecule has 0 saturated carbocycles. The molecule has 13 heavy (non-hydrogen) atoms. The Bertz CT molecular complexity index is 340. The summed E-state index contributed by atoms with van der Waals surface area (Å²) in [6.07, 6.45) is 3.63. The molecule has 1 aromatic carbocycles. The van der Waals surface area contributed by atoms with Crippen LogP contribution in [-0.4, -0.2) is 9.89 Å². The summed E-state index contributed by atoms with van der Waals surface area (Å²) in [6.45, 7) is 0.794. The van der Waals surface area contributed by atoms with Gasteiger partial charge in [0.15, 0.2) is 0 Å². The lowest BCUT2D eigenvalue weighted by molar-refractivity contribution is 0.731. The topological polar surface area (TPSA) is 29.9 Å². The van der Waals surface area contributed by atoms with Crippen LogP contribution in [0.2, 0.25) is 0 Å². The van der Waals surface area contributed by atoms with Crippen molar-refractivity contribution in [3.63, 3.8) is 0 Å². The highest BCUT2D eigenvalue weighted by atomic mass is 15.5. The number of nitrogens with one attached hydrogen (secondary N) is 1. The van der Waals surface area contributed by atoms with Gasteiger partial charge in [-0.05, 0) is 11.6 Å². The van der Waals surface area contributed by atoms with E-state index in [1.807, 2.05) is 30.5 Å². The highest BCUT2D eigenvalue weighted by Crippen LogP contribution is 1.97. The van der Waals surface area contributed by atoms with Gasteiger partial charge in [-0.3, -0.25) is 0 Å². The fraction of sp³-hybridized carbons (Fsp3) is 0.100. The fourth-order valence-corrected chi connectivity index (χ4v) is 1.13. The van der Waals surface area contributed by atoms with Crippen LogP contribution in [0, 0.1) is 0 Å². The van der Waals surface area contributed by atoms with E-state index in [0.29, 0.717) is 0 Å². The minimum absolute atomic E-state index is 0.794. The summed E-state index contributed by atoms with van der Waals surface area (Å²) in [4.78, 5) is 1.70. The molecule has 0 saturated heterocycles. The van der Waals surface area contributed by atoms with Crippen LogP contribution in [0.4, 0.5) is 0 Å². The Balaban J connectivity index is 1.94. The molecule has 0 spiro atoms. The Hall–Kier alpha value is -1.77. The lowest BCUT2D eigenvalue weighted by Gasteiger charge is -2.04. The summed E-state index contributed by atoms with van der Waals surface area (Å²) in [6, 6.07) is 12.1. The summed E-state index contributed by atoms with van der Waals surface area (Å²) in [5.41, 5.74) is 4.39. The summed E-state index contributed by atoms with van der Waals surface area (Å²) in [5, 5.41) is 4.04. The second-order valence-corrected chi connectivity index (χ2v) is 2.77. The molecule has 0 aliphatic carbocycles. The highest BCUT2D eigenvalue weighted by Gasteiger charge is 1.90. The zero-order valence-corrected chi connectivity index (χ0v) is 7.22. The molecule has 1 heterocycles. The molecule has 1 aromatic heterocycles. The molecular weight excluding hydrogens is 162 g/mol. The van der Waals surface area contributed by atoms with Crippen molar-refractivity contribution in [1.82, 2.24) is 9.89 Å². The van der Waals surface area contributed by atoms with Gasteiger partial charge < -0.3 is 5.43 Å². The van der Waals surface area contributed by atoms with Gasteiger partial charge in [0.2, 0.25) is 0 Å². The number of benzene rings is 1. The van der Waals surface area contributed by atoms with Crippen molar-refractivity contribution in [3.8, 4) is 0 Å². The van der Waals surface area contributed by atoms with Crippen LogP contribution in [0.3, 0.4) is 0 Å². The first-order chi connectivity index (χ1) is 6.45. The zero-order valence-electron chi connectivity index (χ0n) is 7.22. The average molecular weight is 173 g/mol. The number of rotatable bonds is 3. The predicted octanol–water partition coefficient (Wildman–Crippen LogP) is 1.63. The summed E-state index contributed by atoms with van der Waals surface area (Å²) in [7, 11) is 0. The third-order valence-corrected chi connectivity index (χ3v) is 1.79. The third-order valence-electron chi connectivity index (χ3n) is 1.79. The normalized spacial score (nSPS) is 9.85. The monoisotopic (exact) mass is 173 g/mol. The average Bonchev–Trinajstić information content (AvgIpc) is 2.69. The Labute approximate surface area is 77.0 Å². The second-order valence-electron chi connectivity index (χ2n) is 2.77. The number of aromatic nitrogens is 2. The van der Waals surface area contributed by atoms with E-state index in [1.165, 1.54) is 5.56 Å². The van der Waals surface area contributed by atoms with Gasteiger partial charge in [-0.2, -0.15) is 9.89 Å². The zero-order chi connectivity index (χ0) is 8.93. The quantitative estimate of drug-likeness (QED) is 0.764. The van der Waals surface area contributed by atoms with Crippen LogP contribution < -0.4 is 5.43 Å². The first-order valence-corrected chi connectivity index (χ1v) is 4.22. The van der Waals surface area contributed by atoms with Gasteiger partial charge in [-0.1, -0.05) is 30.3 Å². The van der Waals surface area contributed by atoms with Crippen LogP contribution in [0.5, 0.6) is 0 Å². The minimum atomic E-state index is 0.794. The van der Waals surface area contributed by atoms with Gasteiger partial charge >= 0.3 is 0 Å². The van der Waals surface area contributed by atoms with Crippen LogP contribution in [0.25, 0.3) is 0 Å². The molecule has 1 N–H and O–H groups in total. The summed E-state index contributed by atoms with van der Waals surface area (Å²) < 4.78 is 0. The van der Waals surface area contributed by atoms with Crippen molar-refractivity contribution in [3.05, 3.63) is 54.4 Å². The molecule has 0 bridgehead atoms. The van der Waals surface area contributed by atoms with Gasteiger partial charge in [0, 0.05) is 6.20 Å². The van der Waals surface area contributed by atoms with Crippen molar-refractivity contribution < 1.29 is 0 Å². The Morgan fingerprint density at radius 2 is 2.00 bits per heavy atom. The maximum absolute atomic E-state index is 4.04. The fourth-order valence-electron chi connectivity index (χ4n) is 1.13. The van der Waals surface area contributed by atoms with Crippen molar-refractivity contribution in [1.29, 1.82) is 0 Å². The van der Waals surface area contributed by atoms with E-state index in [4.69, 9.17) is 0 Å². The van der Waals surface area contributed by atoms with Crippen LogP contribution in [-0.2, 0) is 6.54 Å². The highest BCUT2D eigenvalue weighted by molar-refractivity contribution is 5.15. The molecule has 2 aromatic rings. The van der Waals surface area contributed by atoms with E-state index in [-0.39, 0.29) is 0 Å². The Kier molecular flexibility index (Phi) is 2.27. The van der Waals surface area contributed by atoms with Crippen LogP contribution in [0.15, 0.2) is 48.8 Å². The smallest absolute Gasteiger partial charge is 0.0580 e. The SMILES string of the molecule is c1ccc(CNn2cccn2)cc1. The van der Waals surface area contributed by atoms with Gasteiger partial charge in [0.25, 0.3) is 0 Å². The second kappa shape index (κ2) is 3.76. The molecule has 3 nitrogen and oxygen atoms in total. The molecule has 0 radical (unpaired) electrons. The molecule has 0 aliphatic rings. The van der Waals surface area contributed by atoms with Crippen molar-refractivity contribution >= 4 is 0 Å². The number of hydrogen-bond donors (Lipinski definition) is 1. The number of nitrogens with zero attached hydrogens (tertiary/aromatic N) is 2. The minimum Gasteiger partial charge on any atom is -0.306 e.